The number of aromatic nitrogens is 3. The molecule has 2 N–H and O–H groups in total. The first-order chi connectivity index (χ1) is 15.9. The molecule has 0 radical (unpaired) electrons. The number of fused-ring (bicyclic) bond motifs is 6. The first-order valence-corrected chi connectivity index (χ1v) is 11.3. The van der Waals surface area contributed by atoms with Gasteiger partial charge in [-0.15, -0.1) is 0 Å². The number of halogens is 1. The highest BCUT2D eigenvalue weighted by Gasteiger charge is 2.61. The number of nitrogens with zero attached hydrogens (tertiary/aromatic N) is 3. The molecule has 1 aromatic carbocycles. The molecule has 5 heterocycles. The molecule has 0 amide bonds. The van der Waals surface area contributed by atoms with Gasteiger partial charge in [-0.25, -0.2) is 4.98 Å². The summed E-state index contributed by atoms with van der Waals surface area (Å²) >= 11 is 5.90. The summed E-state index contributed by atoms with van der Waals surface area (Å²) in [6, 6.07) is 12.8. The van der Waals surface area contributed by atoms with Gasteiger partial charge in [-0.2, -0.15) is 0 Å². The molecule has 6 rings (SSSR count). The maximum atomic E-state index is 11.4. The van der Waals surface area contributed by atoms with E-state index in [1.165, 1.54) is 10.8 Å². The van der Waals surface area contributed by atoms with Crippen LogP contribution in [0.3, 0.4) is 0 Å². The molecule has 2 bridgehead atoms. The third-order valence-corrected chi connectivity index (χ3v) is 7.08. The summed E-state index contributed by atoms with van der Waals surface area (Å²) in [5.41, 5.74) is 1.32. The van der Waals surface area contributed by atoms with E-state index in [4.69, 9.17) is 21.1 Å². The fraction of sp³-hybridized carbons (Fsp3) is 0.280. The van der Waals surface area contributed by atoms with Gasteiger partial charge in [0.15, 0.2) is 0 Å². The average molecular weight is 464 g/mol. The lowest BCUT2D eigenvalue weighted by Crippen LogP contribution is -2.25. The zero-order chi connectivity index (χ0) is 22.8. The van der Waals surface area contributed by atoms with E-state index in [2.05, 4.69) is 9.97 Å². The van der Waals surface area contributed by atoms with Gasteiger partial charge < -0.3 is 19.7 Å². The molecule has 33 heavy (non-hydrogen) atoms. The van der Waals surface area contributed by atoms with Crippen LogP contribution >= 0.6 is 11.6 Å². The number of pyridine rings is 2. The SMILES string of the molecule is C[C@]12CC[C@](CCOc3ccc(Cl)cn3)(O1)c1c2c(O)n(-c2cccc3ncccc23)c1O. The second-order valence-corrected chi connectivity index (χ2v) is 9.26. The van der Waals surface area contributed by atoms with E-state index < -0.39 is 11.2 Å². The van der Waals surface area contributed by atoms with Crippen LogP contribution in [0.15, 0.2) is 54.9 Å². The third kappa shape index (κ3) is 2.92. The Labute approximate surface area is 195 Å². The van der Waals surface area contributed by atoms with Crippen LogP contribution in [0.25, 0.3) is 16.6 Å². The summed E-state index contributed by atoms with van der Waals surface area (Å²) in [5.74, 6) is 0.470. The molecular weight excluding hydrogens is 442 g/mol. The van der Waals surface area contributed by atoms with Gasteiger partial charge in [0.05, 0.1) is 39.6 Å². The monoisotopic (exact) mass is 463 g/mol. The van der Waals surface area contributed by atoms with Crippen molar-refractivity contribution in [3.8, 4) is 23.3 Å². The van der Waals surface area contributed by atoms with Crippen molar-refractivity contribution in [2.75, 3.05) is 6.61 Å². The standard InChI is InChI=1S/C25H22ClN3O4/c1-24-9-10-25(33-24,11-13-32-19-8-7-15(26)14-28-19)21-20(24)22(30)29(23(21)31)18-6-2-5-17-16(18)4-3-12-27-17/h2-8,12,14,30-31H,9-11,13H2,1H3/t24-,25-/m1/s1. The number of benzene rings is 1. The van der Waals surface area contributed by atoms with Crippen LogP contribution in [0.2, 0.25) is 5.02 Å². The van der Waals surface area contributed by atoms with Crippen molar-refractivity contribution in [2.45, 2.75) is 37.4 Å². The first kappa shape index (κ1) is 20.3. The number of aromatic hydroxyl groups is 2. The fourth-order valence-corrected chi connectivity index (χ4v) is 5.50. The summed E-state index contributed by atoms with van der Waals surface area (Å²) in [6.45, 7) is 2.31. The van der Waals surface area contributed by atoms with E-state index in [9.17, 15) is 10.2 Å². The Hall–Kier alpha value is -3.29. The average Bonchev–Trinajstić information content (AvgIpc) is 3.39. The minimum Gasteiger partial charge on any atom is -0.494 e. The predicted molar refractivity (Wildman–Crippen MR) is 123 cm³/mol. The van der Waals surface area contributed by atoms with E-state index in [0.717, 1.165) is 23.7 Å². The van der Waals surface area contributed by atoms with Crippen LogP contribution in [-0.2, 0) is 15.9 Å². The van der Waals surface area contributed by atoms with E-state index in [-0.39, 0.29) is 11.8 Å². The van der Waals surface area contributed by atoms with Gasteiger partial charge in [0, 0.05) is 30.3 Å². The lowest BCUT2D eigenvalue weighted by atomic mass is 9.78. The highest BCUT2D eigenvalue weighted by Crippen LogP contribution is 2.65. The van der Waals surface area contributed by atoms with Gasteiger partial charge in [-0.3, -0.25) is 9.55 Å². The Balaban J connectivity index is 1.41. The number of rotatable bonds is 5. The van der Waals surface area contributed by atoms with Crippen molar-refractivity contribution < 1.29 is 19.7 Å². The van der Waals surface area contributed by atoms with Gasteiger partial charge in [-0.05, 0) is 50.1 Å². The molecule has 2 aliphatic rings. The van der Waals surface area contributed by atoms with Gasteiger partial charge in [0.2, 0.25) is 17.6 Å². The molecule has 0 unspecified atom stereocenters. The lowest BCUT2D eigenvalue weighted by molar-refractivity contribution is -0.0877. The molecule has 8 heteroatoms. The number of hydrogen-bond acceptors (Lipinski definition) is 6. The smallest absolute Gasteiger partial charge is 0.213 e. The Morgan fingerprint density at radius 2 is 1.91 bits per heavy atom. The maximum Gasteiger partial charge on any atom is 0.213 e. The summed E-state index contributed by atoms with van der Waals surface area (Å²) < 4.78 is 13.8. The number of ether oxygens (including phenoxy) is 2. The Morgan fingerprint density at radius 1 is 1.06 bits per heavy atom. The zero-order valence-corrected chi connectivity index (χ0v) is 18.7. The molecule has 7 nitrogen and oxygen atoms in total. The highest BCUT2D eigenvalue weighted by molar-refractivity contribution is 6.30. The quantitative estimate of drug-likeness (QED) is 0.423. The summed E-state index contributed by atoms with van der Waals surface area (Å²) in [4.78, 5) is 8.57. The minimum absolute atomic E-state index is 0.00298. The predicted octanol–water partition coefficient (Wildman–Crippen LogP) is 5.19. The van der Waals surface area contributed by atoms with Crippen LogP contribution in [0.5, 0.6) is 17.6 Å². The van der Waals surface area contributed by atoms with Crippen molar-refractivity contribution in [3.63, 3.8) is 0 Å². The molecule has 4 aromatic rings. The van der Waals surface area contributed by atoms with Crippen molar-refractivity contribution in [2.24, 2.45) is 0 Å². The van der Waals surface area contributed by atoms with E-state index >= 15 is 0 Å². The lowest BCUT2D eigenvalue weighted by Gasteiger charge is -2.26. The Morgan fingerprint density at radius 3 is 2.73 bits per heavy atom. The van der Waals surface area contributed by atoms with Gasteiger partial charge in [0.1, 0.15) is 5.60 Å². The maximum absolute atomic E-state index is 11.4. The van der Waals surface area contributed by atoms with Gasteiger partial charge >= 0.3 is 0 Å². The highest BCUT2D eigenvalue weighted by atomic mass is 35.5. The summed E-state index contributed by atoms with van der Waals surface area (Å²) in [6.07, 6.45) is 5.24. The van der Waals surface area contributed by atoms with Gasteiger partial charge in [0.25, 0.3) is 0 Å². The van der Waals surface area contributed by atoms with Crippen molar-refractivity contribution in [1.82, 2.24) is 14.5 Å². The Kier molecular flexibility index (Phi) is 4.38. The van der Waals surface area contributed by atoms with E-state index in [0.29, 0.717) is 40.7 Å². The van der Waals surface area contributed by atoms with Crippen LogP contribution < -0.4 is 4.74 Å². The minimum atomic E-state index is -0.744. The van der Waals surface area contributed by atoms with Gasteiger partial charge in [-0.1, -0.05) is 17.7 Å². The molecule has 0 saturated carbocycles. The molecular formula is C25H22ClN3O4. The molecule has 2 aliphatic heterocycles. The Bertz CT molecular complexity index is 1380. The topological polar surface area (TPSA) is 89.6 Å². The van der Waals surface area contributed by atoms with Crippen LogP contribution in [-0.4, -0.2) is 31.4 Å². The summed E-state index contributed by atoms with van der Waals surface area (Å²) in [7, 11) is 0. The molecule has 0 aliphatic carbocycles. The molecule has 0 spiro atoms. The molecule has 2 atom stereocenters. The van der Waals surface area contributed by atoms with Crippen LogP contribution in [0, 0.1) is 0 Å². The molecule has 1 fully saturated rings. The summed E-state index contributed by atoms with van der Waals surface area (Å²) in [5, 5.41) is 24.1. The van der Waals surface area contributed by atoms with Crippen LogP contribution in [0.4, 0.5) is 0 Å². The fourth-order valence-electron chi connectivity index (χ4n) is 5.39. The third-order valence-electron chi connectivity index (χ3n) is 6.85. The van der Waals surface area contributed by atoms with Crippen molar-refractivity contribution in [1.29, 1.82) is 0 Å². The largest absolute Gasteiger partial charge is 0.494 e. The second kappa shape index (κ2) is 7.10. The molecule has 168 valence electrons. The van der Waals surface area contributed by atoms with E-state index in [1.54, 1.807) is 18.3 Å². The zero-order valence-electron chi connectivity index (χ0n) is 18.0. The number of hydrogen-bond donors (Lipinski definition) is 2. The van der Waals surface area contributed by atoms with Crippen LogP contribution in [0.1, 0.15) is 37.3 Å². The normalized spacial score (nSPS) is 23.2. The molecule has 3 aromatic heterocycles. The first-order valence-electron chi connectivity index (χ1n) is 10.9. The van der Waals surface area contributed by atoms with Crippen molar-refractivity contribution in [3.05, 3.63) is 71.0 Å². The van der Waals surface area contributed by atoms with Crippen molar-refractivity contribution >= 4 is 22.5 Å². The second-order valence-electron chi connectivity index (χ2n) is 8.82. The van der Waals surface area contributed by atoms with E-state index in [1.807, 2.05) is 37.3 Å². The molecule has 1 saturated heterocycles.